The van der Waals surface area contributed by atoms with Crippen molar-refractivity contribution in [3.05, 3.63) is 0 Å². The van der Waals surface area contributed by atoms with Gasteiger partial charge in [0.05, 0.1) is 30.2 Å². The average Bonchev–Trinajstić information content (AvgIpc) is 2.87. The molecular weight excluding hydrogens is 328 g/mol. The molecule has 3 fully saturated rings. The largest absolute Gasteiger partial charge is 0.447 e. The molecule has 0 radical (unpaired) electrons. The maximum atomic E-state index is 10.2. The van der Waals surface area contributed by atoms with E-state index in [1.54, 1.807) is 0 Å². The van der Waals surface area contributed by atoms with Gasteiger partial charge in [-0.2, -0.15) is 15.8 Å². The van der Waals surface area contributed by atoms with E-state index in [-0.39, 0.29) is 11.8 Å². The molecule has 0 aromatic carbocycles. The molecule has 0 aromatic heterocycles. The molecule has 0 amide bonds. The van der Waals surface area contributed by atoms with Crippen molar-refractivity contribution in [1.29, 1.82) is 21.2 Å². The van der Waals surface area contributed by atoms with Crippen LogP contribution in [0.2, 0.25) is 0 Å². The Balaban J connectivity index is 2.19. The molecule has 26 heavy (non-hydrogen) atoms. The van der Waals surface area contributed by atoms with Gasteiger partial charge in [-0.1, -0.05) is 39.5 Å². The van der Waals surface area contributed by atoms with Crippen molar-refractivity contribution in [3.8, 4) is 18.2 Å². The number of nitriles is 3. The molecule has 5 atom stereocenters. The predicted molar refractivity (Wildman–Crippen MR) is 93.4 cm³/mol. The van der Waals surface area contributed by atoms with Crippen molar-refractivity contribution in [2.45, 2.75) is 77.1 Å². The van der Waals surface area contributed by atoms with Gasteiger partial charge in [0.15, 0.2) is 10.8 Å². The van der Waals surface area contributed by atoms with Crippen LogP contribution in [0.1, 0.15) is 65.2 Å². The molecule has 1 saturated carbocycles. The summed E-state index contributed by atoms with van der Waals surface area (Å²) >= 11 is 0. The van der Waals surface area contributed by atoms with E-state index in [9.17, 15) is 15.8 Å². The Kier molecular flexibility index (Phi) is 4.72. The lowest BCUT2D eigenvalue weighted by molar-refractivity contribution is -0.302. The van der Waals surface area contributed by atoms with Crippen LogP contribution in [0.5, 0.6) is 0 Å². The minimum Gasteiger partial charge on any atom is -0.447 e. The van der Waals surface area contributed by atoms with E-state index in [4.69, 9.17) is 14.9 Å². The molecule has 1 aliphatic carbocycles. The van der Waals surface area contributed by atoms with Crippen LogP contribution in [-0.2, 0) is 9.47 Å². The van der Waals surface area contributed by atoms with Crippen LogP contribution >= 0.6 is 0 Å². The van der Waals surface area contributed by atoms with E-state index >= 15 is 0 Å². The third kappa shape index (κ3) is 2.07. The standard InChI is InChI=1S/C20H26N4O2/c1-3-5-8-14(4-2)16-18(11-21,12-22)19(13-23)15-9-6-7-10-20(15,25-16)26-17(19)24/h14-16,24H,3-10H2,1-2H3. The van der Waals surface area contributed by atoms with E-state index in [0.717, 1.165) is 38.5 Å². The zero-order valence-corrected chi connectivity index (χ0v) is 15.5. The van der Waals surface area contributed by atoms with E-state index < -0.39 is 28.6 Å². The quantitative estimate of drug-likeness (QED) is 0.800. The summed E-state index contributed by atoms with van der Waals surface area (Å²) in [5, 5.41) is 39.0. The van der Waals surface area contributed by atoms with Crippen LogP contribution in [0.4, 0.5) is 0 Å². The molecule has 0 spiro atoms. The van der Waals surface area contributed by atoms with Gasteiger partial charge in [0.1, 0.15) is 0 Å². The lowest BCUT2D eigenvalue weighted by Gasteiger charge is -2.53. The van der Waals surface area contributed by atoms with Crippen LogP contribution in [0.25, 0.3) is 0 Å². The summed E-state index contributed by atoms with van der Waals surface area (Å²) in [7, 11) is 0. The molecule has 6 heteroatoms. The lowest BCUT2D eigenvalue weighted by atomic mass is 9.50. The van der Waals surface area contributed by atoms with Crippen LogP contribution in [-0.4, -0.2) is 17.8 Å². The molecular formula is C20H26N4O2. The Morgan fingerprint density at radius 1 is 1.19 bits per heavy atom. The van der Waals surface area contributed by atoms with Gasteiger partial charge in [0, 0.05) is 6.42 Å². The van der Waals surface area contributed by atoms with Gasteiger partial charge >= 0.3 is 0 Å². The maximum absolute atomic E-state index is 10.2. The van der Waals surface area contributed by atoms with Gasteiger partial charge in [-0.3, -0.25) is 5.41 Å². The predicted octanol–water partition coefficient (Wildman–Crippen LogP) is 4.04. The first-order valence-electron chi connectivity index (χ1n) is 9.71. The van der Waals surface area contributed by atoms with Crippen molar-refractivity contribution in [2.24, 2.45) is 22.7 Å². The van der Waals surface area contributed by atoms with Gasteiger partial charge in [-0.15, -0.1) is 0 Å². The smallest absolute Gasteiger partial charge is 0.217 e. The molecule has 2 heterocycles. The van der Waals surface area contributed by atoms with E-state index in [0.29, 0.717) is 12.8 Å². The molecule has 0 aromatic rings. The Bertz CT molecular complexity index is 701. The van der Waals surface area contributed by atoms with E-state index in [2.05, 4.69) is 25.1 Å². The highest BCUT2D eigenvalue weighted by Crippen LogP contribution is 2.67. The molecule has 1 N–H and O–H groups in total. The highest BCUT2D eigenvalue weighted by molar-refractivity contribution is 5.89. The summed E-state index contributed by atoms with van der Waals surface area (Å²) in [6, 6.07) is 6.55. The fraction of sp³-hybridized carbons (Fsp3) is 0.800. The first-order valence-corrected chi connectivity index (χ1v) is 9.71. The minimum absolute atomic E-state index is 0.0174. The van der Waals surface area contributed by atoms with Crippen LogP contribution in [0.3, 0.4) is 0 Å². The van der Waals surface area contributed by atoms with Crippen molar-refractivity contribution in [3.63, 3.8) is 0 Å². The third-order valence-electron chi connectivity index (χ3n) is 6.74. The van der Waals surface area contributed by atoms with Gasteiger partial charge in [0.25, 0.3) is 0 Å². The number of hydrogen-bond donors (Lipinski definition) is 1. The SMILES string of the molecule is CCCCC(CC)C1OC23CCCCC2C(C#N)(C(=N)O3)C1(C#N)C#N. The van der Waals surface area contributed by atoms with Crippen LogP contribution in [0, 0.1) is 62.1 Å². The van der Waals surface area contributed by atoms with Gasteiger partial charge in [0.2, 0.25) is 11.7 Å². The number of hydrogen-bond acceptors (Lipinski definition) is 6. The molecule has 3 aliphatic rings. The molecule has 2 aliphatic heterocycles. The number of rotatable bonds is 5. The summed E-state index contributed by atoms with van der Waals surface area (Å²) in [5.74, 6) is -1.72. The highest BCUT2D eigenvalue weighted by atomic mass is 16.7. The zero-order chi connectivity index (χ0) is 19.0. The molecule has 2 bridgehead atoms. The Morgan fingerprint density at radius 2 is 1.92 bits per heavy atom. The van der Waals surface area contributed by atoms with Gasteiger partial charge in [-0.25, -0.2) is 0 Å². The number of nitrogens with zero attached hydrogens (tertiary/aromatic N) is 3. The van der Waals surface area contributed by atoms with E-state index in [1.807, 2.05) is 6.92 Å². The molecule has 5 unspecified atom stereocenters. The number of nitrogens with one attached hydrogen (secondary N) is 1. The van der Waals surface area contributed by atoms with Crippen molar-refractivity contribution in [2.75, 3.05) is 0 Å². The number of ether oxygens (including phenoxy) is 2. The lowest BCUT2D eigenvalue weighted by Crippen LogP contribution is -2.65. The van der Waals surface area contributed by atoms with Crippen LogP contribution < -0.4 is 0 Å². The van der Waals surface area contributed by atoms with E-state index in [1.165, 1.54) is 0 Å². The van der Waals surface area contributed by atoms with Crippen molar-refractivity contribution in [1.82, 2.24) is 0 Å². The highest BCUT2D eigenvalue weighted by Gasteiger charge is 2.80. The maximum Gasteiger partial charge on any atom is 0.217 e. The minimum atomic E-state index is -1.71. The average molecular weight is 354 g/mol. The first kappa shape index (κ1) is 18.7. The summed E-state index contributed by atoms with van der Waals surface area (Å²) < 4.78 is 12.4. The normalized spacial score (nSPS) is 38.2. The second-order valence-electron chi connectivity index (χ2n) is 7.84. The monoisotopic (exact) mass is 354 g/mol. The Morgan fingerprint density at radius 3 is 2.50 bits per heavy atom. The summed E-state index contributed by atoms with van der Waals surface area (Å²) in [6.45, 7) is 4.13. The molecule has 138 valence electrons. The number of unbranched alkanes of at least 4 members (excludes halogenated alkanes) is 1. The first-order chi connectivity index (χ1) is 12.5. The summed E-state index contributed by atoms with van der Waals surface area (Å²) in [4.78, 5) is 0. The third-order valence-corrected chi connectivity index (χ3v) is 6.74. The van der Waals surface area contributed by atoms with Crippen molar-refractivity contribution < 1.29 is 9.47 Å². The fourth-order valence-corrected chi connectivity index (χ4v) is 5.37. The van der Waals surface area contributed by atoms with Gasteiger partial charge < -0.3 is 9.47 Å². The Hall–Kier alpha value is -2.10. The zero-order valence-electron chi connectivity index (χ0n) is 15.5. The molecule has 6 nitrogen and oxygen atoms in total. The topological polar surface area (TPSA) is 114 Å². The summed E-state index contributed by atoms with van der Waals surface area (Å²) in [6.07, 6.45) is 5.89. The van der Waals surface area contributed by atoms with Gasteiger partial charge in [-0.05, 0) is 25.2 Å². The second kappa shape index (κ2) is 6.57. The second-order valence-corrected chi connectivity index (χ2v) is 7.84. The molecule has 2 saturated heterocycles. The Labute approximate surface area is 155 Å². The summed E-state index contributed by atoms with van der Waals surface area (Å²) in [5.41, 5.74) is -3.26. The van der Waals surface area contributed by atoms with Crippen molar-refractivity contribution >= 4 is 5.90 Å². The fourth-order valence-electron chi connectivity index (χ4n) is 5.37. The van der Waals surface area contributed by atoms with Crippen LogP contribution in [0.15, 0.2) is 0 Å². The molecule has 3 rings (SSSR count).